The molecule has 1 saturated heterocycles. The standard InChI is InChI=1S/C20H25N4O2.Y/c1-14-3-2-11-24(14)12-10-22-19-9-8-17(13-18(19)21)23-16-6-4-15(5-7-16)20(25)26;/h4-9,13-14,22H,2-3,10-12,21H2,1H3,(H,25,26);/q-1;. The molecule has 141 valence electrons. The van der Waals surface area contributed by atoms with Crippen LogP contribution < -0.4 is 11.1 Å². The van der Waals surface area contributed by atoms with Crippen LogP contribution in [0.1, 0.15) is 30.1 Å². The number of carboxylic acids is 1. The number of nitrogens with zero attached hydrogens (tertiary/aromatic N) is 2. The first-order chi connectivity index (χ1) is 12.5. The summed E-state index contributed by atoms with van der Waals surface area (Å²) in [5, 5.41) is 16.8. The van der Waals surface area contributed by atoms with Crippen molar-refractivity contribution in [2.75, 3.05) is 30.7 Å². The zero-order valence-electron chi connectivity index (χ0n) is 15.6. The van der Waals surface area contributed by atoms with Crippen molar-refractivity contribution in [3.8, 4) is 0 Å². The van der Waals surface area contributed by atoms with Crippen LogP contribution in [-0.4, -0.2) is 41.7 Å². The second-order valence-electron chi connectivity index (χ2n) is 6.69. The van der Waals surface area contributed by atoms with Gasteiger partial charge in [0.25, 0.3) is 0 Å². The molecule has 1 unspecified atom stereocenters. The van der Waals surface area contributed by atoms with Crippen LogP contribution in [-0.2, 0) is 32.7 Å². The normalized spacial score (nSPS) is 16.6. The van der Waals surface area contributed by atoms with E-state index in [4.69, 9.17) is 10.8 Å². The minimum Gasteiger partial charge on any atom is -0.658 e. The molecule has 2 aromatic carbocycles. The van der Waals surface area contributed by atoms with Crippen molar-refractivity contribution in [1.82, 2.24) is 4.90 Å². The number of nitrogen functional groups attached to an aromatic ring is 1. The summed E-state index contributed by atoms with van der Waals surface area (Å²) >= 11 is 0. The minimum atomic E-state index is -0.945. The van der Waals surface area contributed by atoms with Gasteiger partial charge >= 0.3 is 5.97 Å². The molecule has 1 fully saturated rings. The van der Waals surface area contributed by atoms with Crippen molar-refractivity contribution < 1.29 is 42.6 Å². The first kappa shape index (κ1) is 21.7. The zero-order valence-corrected chi connectivity index (χ0v) is 18.4. The van der Waals surface area contributed by atoms with Crippen molar-refractivity contribution >= 4 is 28.7 Å². The number of hydrogen-bond donors (Lipinski definition) is 3. The van der Waals surface area contributed by atoms with Gasteiger partial charge in [-0.2, -0.15) is 0 Å². The molecule has 3 rings (SSSR count). The van der Waals surface area contributed by atoms with Gasteiger partial charge in [0.2, 0.25) is 0 Å². The van der Waals surface area contributed by atoms with Gasteiger partial charge in [-0.3, -0.25) is 4.90 Å². The fourth-order valence-corrected chi connectivity index (χ4v) is 3.27. The number of nitrogens with two attached hydrogens (primary N) is 1. The summed E-state index contributed by atoms with van der Waals surface area (Å²) in [7, 11) is 0. The van der Waals surface area contributed by atoms with E-state index in [1.165, 1.54) is 19.4 Å². The second-order valence-corrected chi connectivity index (χ2v) is 6.69. The van der Waals surface area contributed by atoms with Crippen LogP contribution in [0, 0.1) is 0 Å². The Morgan fingerprint density at radius 2 is 1.96 bits per heavy atom. The van der Waals surface area contributed by atoms with Gasteiger partial charge in [-0.05, 0) is 44.5 Å². The van der Waals surface area contributed by atoms with Gasteiger partial charge in [0.1, 0.15) is 0 Å². The molecule has 27 heavy (non-hydrogen) atoms. The van der Waals surface area contributed by atoms with Crippen LogP contribution in [0.25, 0.3) is 5.32 Å². The predicted molar refractivity (Wildman–Crippen MR) is 106 cm³/mol. The van der Waals surface area contributed by atoms with E-state index in [9.17, 15) is 4.79 Å². The predicted octanol–water partition coefficient (Wildman–Crippen LogP) is 4.20. The SMILES string of the molecule is CC1CCCN1CCNc1ccc([N-]c2ccc(C(=O)O)cc2)cc1N.[Y]. The topological polar surface area (TPSA) is 92.7 Å². The zero-order chi connectivity index (χ0) is 18.5. The van der Waals surface area contributed by atoms with Crippen LogP contribution in [0.15, 0.2) is 42.5 Å². The molecular weight excluding hydrogens is 417 g/mol. The van der Waals surface area contributed by atoms with Crippen LogP contribution in [0.4, 0.5) is 22.7 Å². The Morgan fingerprint density at radius 3 is 2.56 bits per heavy atom. The molecule has 7 heteroatoms. The third-order valence-corrected chi connectivity index (χ3v) is 4.81. The van der Waals surface area contributed by atoms with E-state index in [2.05, 4.69) is 22.5 Å². The van der Waals surface area contributed by atoms with Gasteiger partial charge in [-0.1, -0.05) is 24.3 Å². The molecule has 6 nitrogen and oxygen atoms in total. The van der Waals surface area contributed by atoms with Crippen LogP contribution in [0.5, 0.6) is 0 Å². The molecule has 0 aliphatic carbocycles. The van der Waals surface area contributed by atoms with Crippen LogP contribution in [0.3, 0.4) is 0 Å². The Kier molecular flexibility index (Phi) is 8.08. The molecule has 1 radical (unpaired) electrons. The monoisotopic (exact) mass is 442 g/mol. The maximum absolute atomic E-state index is 10.9. The van der Waals surface area contributed by atoms with Gasteiger partial charge in [-0.25, -0.2) is 4.79 Å². The molecule has 0 amide bonds. The molecule has 0 bridgehead atoms. The molecule has 0 saturated carbocycles. The van der Waals surface area contributed by atoms with Gasteiger partial charge in [-0.15, -0.1) is 11.4 Å². The molecule has 1 atom stereocenters. The number of anilines is 2. The van der Waals surface area contributed by atoms with Gasteiger partial charge in [0.05, 0.1) is 16.9 Å². The smallest absolute Gasteiger partial charge is 0.335 e. The Hall–Kier alpha value is -1.63. The summed E-state index contributed by atoms with van der Waals surface area (Å²) < 4.78 is 0. The second kappa shape index (κ2) is 10.1. The number of carbonyl (C=O) groups is 1. The summed E-state index contributed by atoms with van der Waals surface area (Å²) in [5.41, 5.74) is 9.39. The number of hydrogen-bond acceptors (Lipinski definition) is 4. The Bertz CT molecular complexity index is 767. The van der Waals surface area contributed by atoms with Crippen molar-refractivity contribution in [3.63, 3.8) is 0 Å². The van der Waals surface area contributed by atoms with Crippen LogP contribution >= 0.6 is 0 Å². The summed E-state index contributed by atoms with van der Waals surface area (Å²) in [6.45, 7) is 5.34. The van der Waals surface area contributed by atoms with E-state index in [0.717, 1.165) is 24.5 Å². The van der Waals surface area contributed by atoms with Crippen molar-refractivity contribution in [2.45, 2.75) is 25.8 Å². The van der Waals surface area contributed by atoms with Gasteiger partial charge < -0.3 is 21.5 Å². The summed E-state index contributed by atoms with van der Waals surface area (Å²) in [5.74, 6) is -0.945. The molecule has 2 aromatic rings. The van der Waals surface area contributed by atoms with E-state index in [-0.39, 0.29) is 38.3 Å². The average Bonchev–Trinajstić information content (AvgIpc) is 3.02. The number of benzene rings is 2. The Morgan fingerprint density at radius 1 is 1.26 bits per heavy atom. The van der Waals surface area contributed by atoms with Crippen molar-refractivity contribution in [1.29, 1.82) is 0 Å². The first-order valence-electron chi connectivity index (χ1n) is 8.95. The largest absolute Gasteiger partial charge is 0.658 e. The molecule has 0 aromatic heterocycles. The fourth-order valence-electron chi connectivity index (χ4n) is 3.27. The fraction of sp³-hybridized carbons (Fsp3) is 0.350. The van der Waals surface area contributed by atoms with E-state index < -0.39 is 5.97 Å². The average molecular weight is 442 g/mol. The number of rotatable bonds is 7. The summed E-state index contributed by atoms with van der Waals surface area (Å²) in [6.07, 6.45) is 2.57. The van der Waals surface area contributed by atoms with Crippen molar-refractivity contribution in [2.24, 2.45) is 0 Å². The number of carboxylic acid groups (broad SMARTS) is 1. The van der Waals surface area contributed by atoms with E-state index in [0.29, 0.717) is 17.4 Å². The van der Waals surface area contributed by atoms with E-state index in [1.807, 2.05) is 18.2 Å². The first-order valence-corrected chi connectivity index (χ1v) is 8.95. The number of nitrogens with one attached hydrogen (secondary N) is 1. The van der Waals surface area contributed by atoms with Crippen LogP contribution in [0.2, 0.25) is 0 Å². The van der Waals surface area contributed by atoms with E-state index >= 15 is 0 Å². The van der Waals surface area contributed by atoms with Gasteiger partial charge in [0, 0.05) is 51.8 Å². The summed E-state index contributed by atoms with van der Waals surface area (Å²) in [4.78, 5) is 13.4. The molecule has 1 aliphatic rings. The quantitative estimate of drug-likeness (QED) is 0.559. The number of aromatic carboxylic acids is 1. The molecule has 4 N–H and O–H groups in total. The molecule has 0 spiro atoms. The number of likely N-dealkylation sites (tertiary alicyclic amines) is 1. The molecular formula is C20H25N4O2Y-. The maximum atomic E-state index is 10.9. The maximum Gasteiger partial charge on any atom is 0.335 e. The third kappa shape index (κ3) is 5.93. The minimum absolute atomic E-state index is 0. The Balaban J connectivity index is 0.00000261. The molecule has 1 heterocycles. The molecule has 1 aliphatic heterocycles. The van der Waals surface area contributed by atoms with E-state index in [1.54, 1.807) is 24.3 Å². The third-order valence-electron chi connectivity index (χ3n) is 4.81. The van der Waals surface area contributed by atoms with Gasteiger partial charge in [0.15, 0.2) is 0 Å². The van der Waals surface area contributed by atoms with Crippen molar-refractivity contribution in [3.05, 3.63) is 53.3 Å². The summed E-state index contributed by atoms with van der Waals surface area (Å²) in [6, 6.07) is 12.8. The Labute approximate surface area is 185 Å².